The molecule has 1 aliphatic rings. The average Bonchev–Trinajstić information content (AvgIpc) is 2.95. The molecule has 0 bridgehead atoms. The number of fused-ring (bicyclic) bond motifs is 1. The van der Waals surface area contributed by atoms with Crippen molar-refractivity contribution >= 4 is 34.1 Å². The van der Waals surface area contributed by atoms with Gasteiger partial charge in [0.1, 0.15) is 0 Å². The van der Waals surface area contributed by atoms with Crippen molar-refractivity contribution in [2.45, 2.75) is 23.5 Å². The molecule has 1 aromatic carbocycles. The predicted octanol–water partition coefficient (Wildman–Crippen LogP) is 3.11. The molecule has 18 heavy (non-hydrogen) atoms. The maximum absolute atomic E-state index is 12.1. The van der Waals surface area contributed by atoms with E-state index in [1.54, 1.807) is 18.0 Å². The third-order valence-corrected chi connectivity index (χ3v) is 4.94. The number of hydrogen-bond acceptors (Lipinski definition) is 4. The maximum Gasteiger partial charge on any atom is 0.239 e. The number of amides is 1. The van der Waals surface area contributed by atoms with E-state index in [1.807, 2.05) is 19.1 Å². The Morgan fingerprint density at radius 2 is 2.28 bits per heavy atom. The minimum Gasteiger partial charge on any atom is -0.301 e. The molecule has 1 aliphatic heterocycles. The number of thioether (sulfide) groups is 1. The van der Waals surface area contributed by atoms with Crippen molar-refractivity contribution in [1.82, 2.24) is 4.98 Å². The minimum absolute atomic E-state index is 0.0355. The van der Waals surface area contributed by atoms with Gasteiger partial charge in [0, 0.05) is 16.0 Å². The van der Waals surface area contributed by atoms with Crippen molar-refractivity contribution in [3.63, 3.8) is 0 Å². The van der Waals surface area contributed by atoms with Gasteiger partial charge >= 0.3 is 0 Å². The number of rotatable bonds is 2. The van der Waals surface area contributed by atoms with Crippen LogP contribution < -0.4 is 5.32 Å². The Morgan fingerprint density at radius 1 is 1.44 bits per heavy atom. The minimum atomic E-state index is -0.0355. The molecule has 1 aromatic heterocycles. The molecular weight excluding hydrogens is 264 g/mol. The van der Waals surface area contributed by atoms with Gasteiger partial charge in [0.2, 0.25) is 5.91 Å². The van der Waals surface area contributed by atoms with Crippen LogP contribution in [0, 0.1) is 6.92 Å². The second-order valence-corrected chi connectivity index (χ2v) is 6.66. The van der Waals surface area contributed by atoms with Gasteiger partial charge in [0.25, 0.3) is 0 Å². The summed E-state index contributed by atoms with van der Waals surface area (Å²) in [6.07, 6.45) is 2.58. The second-order valence-electron chi connectivity index (χ2n) is 4.18. The first-order valence-electron chi connectivity index (χ1n) is 5.70. The van der Waals surface area contributed by atoms with Crippen LogP contribution in [0.3, 0.4) is 0 Å². The highest BCUT2D eigenvalue weighted by Gasteiger charge is 2.28. The molecule has 0 aliphatic carbocycles. The number of benzene rings is 1. The van der Waals surface area contributed by atoms with Crippen LogP contribution in [-0.4, -0.2) is 16.1 Å². The molecule has 2 aromatic rings. The van der Waals surface area contributed by atoms with Crippen molar-refractivity contribution < 1.29 is 4.79 Å². The van der Waals surface area contributed by atoms with Crippen LogP contribution >= 0.6 is 23.1 Å². The highest BCUT2D eigenvalue weighted by molar-refractivity contribution is 8.01. The first-order chi connectivity index (χ1) is 8.72. The molecule has 0 saturated carbocycles. The zero-order chi connectivity index (χ0) is 12.5. The lowest BCUT2D eigenvalue weighted by Crippen LogP contribution is -2.24. The van der Waals surface area contributed by atoms with E-state index in [0.717, 1.165) is 11.3 Å². The SMILES string of the molecule is Cc1cnc(NC(=O)C2Cc3ccccc3S2)s1. The Hall–Kier alpha value is -1.33. The van der Waals surface area contributed by atoms with Crippen LogP contribution in [0.15, 0.2) is 35.4 Å². The molecular formula is C13H12N2OS2. The van der Waals surface area contributed by atoms with Crippen LogP contribution in [0.5, 0.6) is 0 Å². The summed E-state index contributed by atoms with van der Waals surface area (Å²) < 4.78 is 0. The number of carbonyl (C=O) groups is 1. The Bertz CT molecular complexity index is 569. The topological polar surface area (TPSA) is 42.0 Å². The Balaban J connectivity index is 1.69. The highest BCUT2D eigenvalue weighted by Crippen LogP contribution is 2.37. The summed E-state index contributed by atoms with van der Waals surface area (Å²) in [6.45, 7) is 1.98. The summed E-state index contributed by atoms with van der Waals surface area (Å²) in [7, 11) is 0. The second kappa shape index (κ2) is 4.74. The van der Waals surface area contributed by atoms with E-state index in [0.29, 0.717) is 5.13 Å². The Labute approximate surface area is 114 Å². The van der Waals surface area contributed by atoms with Gasteiger partial charge in [-0.3, -0.25) is 4.79 Å². The zero-order valence-electron chi connectivity index (χ0n) is 9.84. The van der Waals surface area contributed by atoms with E-state index in [2.05, 4.69) is 22.4 Å². The van der Waals surface area contributed by atoms with Gasteiger partial charge in [-0.15, -0.1) is 23.1 Å². The van der Waals surface area contributed by atoms with Crippen LogP contribution in [-0.2, 0) is 11.2 Å². The fourth-order valence-electron chi connectivity index (χ4n) is 1.93. The van der Waals surface area contributed by atoms with Gasteiger partial charge in [-0.1, -0.05) is 18.2 Å². The van der Waals surface area contributed by atoms with Crippen LogP contribution in [0.4, 0.5) is 5.13 Å². The van der Waals surface area contributed by atoms with Crippen molar-refractivity contribution in [1.29, 1.82) is 0 Å². The summed E-state index contributed by atoms with van der Waals surface area (Å²) in [5.74, 6) is 0.0468. The molecule has 0 fully saturated rings. The third kappa shape index (κ3) is 2.28. The predicted molar refractivity (Wildman–Crippen MR) is 75.3 cm³/mol. The third-order valence-electron chi connectivity index (χ3n) is 2.79. The Morgan fingerprint density at radius 3 is 3.00 bits per heavy atom. The molecule has 1 amide bonds. The number of nitrogens with zero attached hydrogens (tertiary/aromatic N) is 1. The summed E-state index contributed by atoms with van der Waals surface area (Å²) >= 11 is 3.14. The molecule has 5 heteroatoms. The lowest BCUT2D eigenvalue weighted by atomic mass is 10.1. The molecule has 0 saturated heterocycles. The average molecular weight is 276 g/mol. The lowest BCUT2D eigenvalue weighted by Gasteiger charge is -2.07. The fourth-order valence-corrected chi connectivity index (χ4v) is 3.79. The van der Waals surface area contributed by atoms with Gasteiger partial charge in [-0.25, -0.2) is 4.98 Å². The van der Waals surface area contributed by atoms with Gasteiger partial charge in [-0.2, -0.15) is 0 Å². The van der Waals surface area contributed by atoms with Crippen molar-refractivity contribution in [3.8, 4) is 0 Å². The van der Waals surface area contributed by atoms with Crippen LogP contribution in [0.1, 0.15) is 10.4 Å². The van der Waals surface area contributed by atoms with Crippen LogP contribution in [0.25, 0.3) is 0 Å². The van der Waals surface area contributed by atoms with E-state index >= 15 is 0 Å². The number of aromatic nitrogens is 1. The molecule has 3 rings (SSSR count). The van der Waals surface area contributed by atoms with E-state index in [9.17, 15) is 4.79 Å². The number of carbonyl (C=O) groups excluding carboxylic acids is 1. The number of thiazole rings is 1. The molecule has 1 unspecified atom stereocenters. The summed E-state index contributed by atoms with van der Waals surface area (Å²) in [5.41, 5.74) is 1.26. The van der Waals surface area contributed by atoms with E-state index in [-0.39, 0.29) is 11.2 Å². The van der Waals surface area contributed by atoms with Gasteiger partial charge in [0.15, 0.2) is 5.13 Å². The number of hydrogen-bond donors (Lipinski definition) is 1. The fraction of sp³-hybridized carbons (Fsp3) is 0.231. The van der Waals surface area contributed by atoms with E-state index in [4.69, 9.17) is 0 Å². The quantitative estimate of drug-likeness (QED) is 0.916. The number of anilines is 1. The van der Waals surface area contributed by atoms with Crippen molar-refractivity contribution in [2.75, 3.05) is 5.32 Å². The maximum atomic E-state index is 12.1. The normalized spacial score (nSPS) is 17.5. The van der Waals surface area contributed by atoms with Crippen LogP contribution in [0.2, 0.25) is 0 Å². The molecule has 2 heterocycles. The largest absolute Gasteiger partial charge is 0.301 e. The molecule has 0 radical (unpaired) electrons. The molecule has 3 nitrogen and oxygen atoms in total. The molecule has 92 valence electrons. The zero-order valence-corrected chi connectivity index (χ0v) is 11.5. The van der Waals surface area contributed by atoms with Gasteiger partial charge in [-0.05, 0) is 25.0 Å². The standard InChI is InChI=1S/C13H12N2OS2/c1-8-7-14-13(17-8)15-12(16)11-6-9-4-2-3-5-10(9)18-11/h2-5,7,11H,6H2,1H3,(H,14,15,16). The molecule has 0 spiro atoms. The monoisotopic (exact) mass is 276 g/mol. The lowest BCUT2D eigenvalue weighted by molar-refractivity contribution is -0.115. The summed E-state index contributed by atoms with van der Waals surface area (Å²) in [6, 6.07) is 8.18. The molecule has 1 atom stereocenters. The smallest absolute Gasteiger partial charge is 0.239 e. The Kier molecular flexibility index (Phi) is 3.09. The van der Waals surface area contributed by atoms with Gasteiger partial charge in [0.05, 0.1) is 5.25 Å². The van der Waals surface area contributed by atoms with Gasteiger partial charge < -0.3 is 5.32 Å². The molecule has 1 N–H and O–H groups in total. The van der Waals surface area contributed by atoms with E-state index < -0.39 is 0 Å². The summed E-state index contributed by atoms with van der Waals surface area (Å²) in [4.78, 5) is 18.6. The summed E-state index contributed by atoms with van der Waals surface area (Å²) in [5, 5.41) is 3.54. The first-order valence-corrected chi connectivity index (χ1v) is 7.40. The highest BCUT2D eigenvalue weighted by atomic mass is 32.2. The van der Waals surface area contributed by atoms with Crippen molar-refractivity contribution in [3.05, 3.63) is 40.9 Å². The number of aryl methyl sites for hydroxylation is 1. The first kappa shape index (κ1) is 11.7. The van der Waals surface area contributed by atoms with Crippen molar-refractivity contribution in [2.24, 2.45) is 0 Å². The number of nitrogens with one attached hydrogen (secondary N) is 1. The van der Waals surface area contributed by atoms with E-state index in [1.165, 1.54) is 21.8 Å².